The summed E-state index contributed by atoms with van der Waals surface area (Å²) in [6, 6.07) is 10.4. The van der Waals surface area contributed by atoms with Crippen molar-refractivity contribution in [2.75, 3.05) is 6.54 Å². The average molecular weight is 331 g/mol. The molecule has 4 heteroatoms. The molecule has 0 aromatic heterocycles. The van der Waals surface area contributed by atoms with E-state index in [4.69, 9.17) is 5.11 Å². The van der Waals surface area contributed by atoms with E-state index in [-0.39, 0.29) is 23.2 Å². The number of hydrogen-bond donors (Lipinski definition) is 2. The molecule has 4 nitrogen and oxygen atoms in total. The second-order valence-electron chi connectivity index (χ2n) is 6.96. The number of nitrogens with one attached hydrogen (secondary N) is 1. The molecule has 0 saturated heterocycles. The normalized spacial score (nSPS) is 21.2. The molecule has 1 aromatic carbocycles. The van der Waals surface area contributed by atoms with Gasteiger partial charge in [0.25, 0.3) is 0 Å². The number of aliphatic carboxylic acids is 1. The van der Waals surface area contributed by atoms with Crippen LogP contribution >= 0.6 is 0 Å². The summed E-state index contributed by atoms with van der Waals surface area (Å²) in [4.78, 5) is 23.5. The van der Waals surface area contributed by atoms with Crippen LogP contribution in [0, 0.1) is 11.8 Å². The quantitative estimate of drug-likeness (QED) is 0.799. The van der Waals surface area contributed by atoms with E-state index in [1.807, 2.05) is 18.2 Å². The van der Waals surface area contributed by atoms with E-state index in [9.17, 15) is 9.59 Å². The first-order valence-corrected chi connectivity index (χ1v) is 9.08. The van der Waals surface area contributed by atoms with Crippen LogP contribution in [-0.4, -0.2) is 23.5 Å². The van der Waals surface area contributed by atoms with Crippen LogP contribution in [0.2, 0.25) is 0 Å². The minimum Gasteiger partial charge on any atom is -0.481 e. The Hall–Kier alpha value is -1.84. The van der Waals surface area contributed by atoms with Crippen molar-refractivity contribution in [3.8, 4) is 0 Å². The van der Waals surface area contributed by atoms with Gasteiger partial charge in [0.15, 0.2) is 0 Å². The summed E-state index contributed by atoms with van der Waals surface area (Å²) in [5, 5.41) is 12.2. The van der Waals surface area contributed by atoms with Gasteiger partial charge in [-0.05, 0) is 44.1 Å². The summed E-state index contributed by atoms with van der Waals surface area (Å²) < 4.78 is 0. The van der Waals surface area contributed by atoms with Gasteiger partial charge in [-0.3, -0.25) is 9.59 Å². The molecule has 0 bridgehead atoms. The topological polar surface area (TPSA) is 66.4 Å². The van der Waals surface area contributed by atoms with Crippen LogP contribution in [0.15, 0.2) is 30.3 Å². The largest absolute Gasteiger partial charge is 0.481 e. The SMILES string of the molecule is CCC(CC)(CNC(=O)C1CCC(C(=O)O)CC1)c1ccccc1. The predicted molar refractivity (Wildman–Crippen MR) is 94.8 cm³/mol. The zero-order valence-corrected chi connectivity index (χ0v) is 14.8. The van der Waals surface area contributed by atoms with E-state index in [1.165, 1.54) is 5.56 Å². The van der Waals surface area contributed by atoms with E-state index >= 15 is 0 Å². The molecule has 1 aromatic rings. The number of carbonyl (C=O) groups is 2. The number of carboxylic acid groups (broad SMARTS) is 1. The minimum atomic E-state index is -0.728. The van der Waals surface area contributed by atoms with Gasteiger partial charge in [-0.1, -0.05) is 44.2 Å². The van der Waals surface area contributed by atoms with E-state index in [2.05, 4.69) is 31.3 Å². The Bertz CT molecular complexity index is 543. The molecular weight excluding hydrogens is 302 g/mol. The molecule has 1 fully saturated rings. The number of hydrogen-bond acceptors (Lipinski definition) is 2. The van der Waals surface area contributed by atoms with Crippen LogP contribution < -0.4 is 5.32 Å². The summed E-state index contributed by atoms with van der Waals surface area (Å²) >= 11 is 0. The van der Waals surface area contributed by atoms with Crippen molar-refractivity contribution >= 4 is 11.9 Å². The second kappa shape index (κ2) is 8.32. The lowest BCUT2D eigenvalue weighted by Crippen LogP contribution is -2.43. The molecule has 0 spiro atoms. The first kappa shape index (κ1) is 18.5. The van der Waals surface area contributed by atoms with Crippen molar-refractivity contribution in [1.82, 2.24) is 5.32 Å². The number of carbonyl (C=O) groups excluding carboxylic acids is 1. The highest BCUT2D eigenvalue weighted by Gasteiger charge is 2.32. The number of rotatable bonds is 7. The average Bonchev–Trinajstić information content (AvgIpc) is 2.63. The summed E-state index contributed by atoms with van der Waals surface area (Å²) in [6.45, 7) is 4.98. The van der Waals surface area contributed by atoms with E-state index in [0.29, 0.717) is 32.2 Å². The number of benzene rings is 1. The van der Waals surface area contributed by atoms with Gasteiger partial charge in [0.1, 0.15) is 0 Å². The van der Waals surface area contributed by atoms with Crippen LogP contribution in [0.4, 0.5) is 0 Å². The van der Waals surface area contributed by atoms with Crippen LogP contribution in [0.3, 0.4) is 0 Å². The lowest BCUT2D eigenvalue weighted by molar-refractivity contribution is -0.144. The van der Waals surface area contributed by atoms with Gasteiger partial charge in [0.05, 0.1) is 5.92 Å². The van der Waals surface area contributed by atoms with Gasteiger partial charge in [0.2, 0.25) is 5.91 Å². The molecule has 0 radical (unpaired) electrons. The third kappa shape index (κ3) is 4.16. The van der Waals surface area contributed by atoms with Crippen molar-refractivity contribution in [3.63, 3.8) is 0 Å². The van der Waals surface area contributed by atoms with Gasteiger partial charge in [-0.2, -0.15) is 0 Å². The molecule has 1 amide bonds. The third-order valence-electron chi connectivity index (χ3n) is 5.79. The highest BCUT2D eigenvalue weighted by Crippen LogP contribution is 2.32. The maximum Gasteiger partial charge on any atom is 0.306 e. The highest BCUT2D eigenvalue weighted by atomic mass is 16.4. The van der Waals surface area contributed by atoms with Gasteiger partial charge in [-0.15, -0.1) is 0 Å². The molecule has 2 rings (SSSR count). The lowest BCUT2D eigenvalue weighted by atomic mass is 9.75. The van der Waals surface area contributed by atoms with E-state index in [0.717, 1.165) is 12.8 Å². The first-order chi connectivity index (χ1) is 11.5. The Morgan fingerprint density at radius 2 is 1.58 bits per heavy atom. The van der Waals surface area contributed by atoms with Gasteiger partial charge < -0.3 is 10.4 Å². The molecule has 24 heavy (non-hydrogen) atoms. The van der Waals surface area contributed by atoms with E-state index < -0.39 is 5.97 Å². The van der Waals surface area contributed by atoms with Crippen molar-refractivity contribution < 1.29 is 14.7 Å². The zero-order chi connectivity index (χ0) is 17.6. The monoisotopic (exact) mass is 331 g/mol. The van der Waals surface area contributed by atoms with Gasteiger partial charge in [0, 0.05) is 17.9 Å². The summed E-state index contributed by atoms with van der Waals surface area (Å²) in [7, 11) is 0. The van der Waals surface area contributed by atoms with Crippen molar-refractivity contribution in [2.24, 2.45) is 11.8 Å². The molecular formula is C20H29NO3. The summed E-state index contributed by atoms with van der Waals surface area (Å²) in [6.07, 6.45) is 4.52. The van der Waals surface area contributed by atoms with Gasteiger partial charge >= 0.3 is 5.97 Å². The van der Waals surface area contributed by atoms with E-state index in [1.54, 1.807) is 0 Å². The maximum absolute atomic E-state index is 12.5. The van der Waals surface area contributed by atoms with Crippen molar-refractivity contribution in [2.45, 2.75) is 57.8 Å². The van der Waals surface area contributed by atoms with Crippen molar-refractivity contribution in [3.05, 3.63) is 35.9 Å². The fraction of sp³-hybridized carbons (Fsp3) is 0.600. The zero-order valence-electron chi connectivity index (χ0n) is 14.8. The molecule has 0 atom stereocenters. The molecule has 1 saturated carbocycles. The van der Waals surface area contributed by atoms with Crippen LogP contribution in [0.1, 0.15) is 57.9 Å². The fourth-order valence-corrected chi connectivity index (χ4v) is 3.81. The van der Waals surface area contributed by atoms with Crippen LogP contribution in [0.25, 0.3) is 0 Å². The summed E-state index contributed by atoms with van der Waals surface area (Å²) in [5.74, 6) is -0.957. The lowest BCUT2D eigenvalue weighted by Gasteiger charge is -2.34. The molecule has 1 aliphatic carbocycles. The first-order valence-electron chi connectivity index (χ1n) is 9.08. The van der Waals surface area contributed by atoms with Gasteiger partial charge in [-0.25, -0.2) is 0 Å². The molecule has 2 N–H and O–H groups in total. The molecule has 1 aliphatic rings. The number of amides is 1. The Labute approximate surface area is 144 Å². The Morgan fingerprint density at radius 3 is 2.08 bits per heavy atom. The smallest absolute Gasteiger partial charge is 0.306 e. The highest BCUT2D eigenvalue weighted by molar-refractivity contribution is 5.79. The predicted octanol–water partition coefficient (Wildman–Crippen LogP) is 3.75. The summed E-state index contributed by atoms with van der Waals surface area (Å²) in [5.41, 5.74) is 1.24. The maximum atomic E-state index is 12.5. The molecule has 0 heterocycles. The number of carboxylic acids is 1. The Balaban J connectivity index is 1.95. The van der Waals surface area contributed by atoms with Crippen LogP contribution in [0.5, 0.6) is 0 Å². The molecule has 132 valence electrons. The Morgan fingerprint density at radius 1 is 1.04 bits per heavy atom. The molecule has 0 aliphatic heterocycles. The van der Waals surface area contributed by atoms with Crippen molar-refractivity contribution in [1.29, 1.82) is 0 Å². The van der Waals surface area contributed by atoms with Crippen LogP contribution in [-0.2, 0) is 15.0 Å². The fourth-order valence-electron chi connectivity index (χ4n) is 3.81. The standard InChI is InChI=1S/C20H29NO3/c1-3-20(4-2,17-8-6-5-7-9-17)14-21-18(22)15-10-12-16(13-11-15)19(23)24/h5-9,15-16H,3-4,10-14H2,1-2H3,(H,21,22)(H,23,24). The second-order valence-corrected chi connectivity index (χ2v) is 6.96. The Kier molecular flexibility index (Phi) is 6.41. The minimum absolute atomic E-state index is 0.0326. The third-order valence-corrected chi connectivity index (χ3v) is 5.79. The molecule has 0 unspecified atom stereocenters.